The number of rotatable bonds is 6. The molecule has 0 saturated heterocycles. The Morgan fingerprint density at radius 2 is 1.57 bits per heavy atom. The molecule has 0 aliphatic carbocycles. The number of benzene rings is 2. The maximum Gasteiger partial charge on any atom is 0.333 e. The molecule has 0 unspecified atom stereocenters. The zero-order chi connectivity index (χ0) is 21.7. The van der Waals surface area contributed by atoms with E-state index in [0.29, 0.717) is 29.4 Å². The first-order valence-corrected chi connectivity index (χ1v) is 9.16. The van der Waals surface area contributed by atoms with Crippen LogP contribution in [0.2, 0.25) is 0 Å². The Kier molecular flexibility index (Phi) is 6.11. The van der Waals surface area contributed by atoms with E-state index in [0.717, 1.165) is 10.8 Å². The molecule has 0 atom stereocenters. The predicted molar refractivity (Wildman–Crippen MR) is 113 cm³/mol. The number of anilines is 2. The molecule has 2 amide bonds. The van der Waals surface area contributed by atoms with Gasteiger partial charge < -0.3 is 20.4 Å². The molecule has 30 heavy (non-hydrogen) atoms. The lowest BCUT2D eigenvalue weighted by atomic mass is 10.2. The number of carbonyl (C=O) groups excluding carboxylic acids is 2. The van der Waals surface area contributed by atoms with Crippen molar-refractivity contribution >= 4 is 23.2 Å². The summed E-state index contributed by atoms with van der Waals surface area (Å²) in [6.07, 6.45) is 1.08. The molecule has 3 rings (SSSR count). The van der Waals surface area contributed by atoms with Crippen LogP contribution in [0.3, 0.4) is 0 Å². The number of amides is 2. The van der Waals surface area contributed by atoms with Gasteiger partial charge in [-0.3, -0.25) is 14.4 Å². The van der Waals surface area contributed by atoms with Gasteiger partial charge in [-0.2, -0.15) is 0 Å². The van der Waals surface area contributed by atoms with E-state index in [-0.39, 0.29) is 11.5 Å². The number of ether oxygens (including phenoxy) is 1. The molecule has 3 aromatic rings. The number of hydrogen-bond acceptors (Lipinski definition) is 5. The van der Waals surface area contributed by atoms with Gasteiger partial charge in [-0.05, 0) is 55.5 Å². The van der Waals surface area contributed by atoms with Crippen molar-refractivity contribution in [3.63, 3.8) is 0 Å². The van der Waals surface area contributed by atoms with E-state index in [9.17, 15) is 19.2 Å². The van der Waals surface area contributed by atoms with Crippen molar-refractivity contribution in [2.45, 2.75) is 13.8 Å². The molecule has 0 aliphatic rings. The Labute approximate surface area is 171 Å². The Bertz CT molecular complexity index is 1180. The first kappa shape index (κ1) is 20.6. The maximum atomic E-state index is 12.8. The van der Waals surface area contributed by atoms with E-state index in [1.54, 1.807) is 48.5 Å². The molecule has 3 N–H and O–H groups in total. The highest BCUT2D eigenvalue weighted by molar-refractivity contribution is 6.04. The van der Waals surface area contributed by atoms with Crippen LogP contribution in [0.15, 0.2) is 64.3 Å². The van der Waals surface area contributed by atoms with Crippen LogP contribution in [0.25, 0.3) is 5.69 Å². The quantitative estimate of drug-likeness (QED) is 0.577. The third-order valence-corrected chi connectivity index (χ3v) is 4.09. The molecule has 0 fully saturated rings. The van der Waals surface area contributed by atoms with Gasteiger partial charge in [0.25, 0.3) is 11.5 Å². The molecular weight excluding hydrogens is 388 g/mol. The zero-order valence-corrected chi connectivity index (χ0v) is 16.4. The summed E-state index contributed by atoms with van der Waals surface area (Å²) in [6, 6.07) is 12.8. The monoisotopic (exact) mass is 408 g/mol. The summed E-state index contributed by atoms with van der Waals surface area (Å²) in [5.74, 6) is -0.291. The van der Waals surface area contributed by atoms with Crippen molar-refractivity contribution < 1.29 is 14.3 Å². The molecule has 0 bridgehead atoms. The van der Waals surface area contributed by atoms with Gasteiger partial charge in [0, 0.05) is 24.5 Å². The predicted octanol–water partition coefficient (Wildman–Crippen LogP) is 2.14. The number of aromatic amines is 1. The van der Waals surface area contributed by atoms with Crippen LogP contribution < -0.4 is 26.6 Å². The molecule has 9 nitrogen and oxygen atoms in total. The topological polar surface area (TPSA) is 122 Å². The zero-order valence-electron chi connectivity index (χ0n) is 16.4. The van der Waals surface area contributed by atoms with E-state index in [1.807, 2.05) is 6.92 Å². The van der Waals surface area contributed by atoms with Crippen LogP contribution in [-0.4, -0.2) is 28.0 Å². The van der Waals surface area contributed by atoms with Crippen molar-refractivity contribution in [3.8, 4) is 11.4 Å². The van der Waals surface area contributed by atoms with Gasteiger partial charge in [-0.1, -0.05) is 0 Å². The summed E-state index contributed by atoms with van der Waals surface area (Å²) >= 11 is 0. The minimum atomic E-state index is -0.754. The number of nitrogens with one attached hydrogen (secondary N) is 3. The normalized spacial score (nSPS) is 10.3. The summed E-state index contributed by atoms with van der Waals surface area (Å²) in [7, 11) is 0. The summed E-state index contributed by atoms with van der Waals surface area (Å²) in [6.45, 7) is 3.72. The third kappa shape index (κ3) is 4.64. The van der Waals surface area contributed by atoms with E-state index >= 15 is 0 Å². The molecule has 1 heterocycles. The lowest BCUT2D eigenvalue weighted by molar-refractivity contribution is -0.114. The highest BCUT2D eigenvalue weighted by atomic mass is 16.5. The molecular formula is C21H20N4O5. The van der Waals surface area contributed by atoms with Crippen molar-refractivity contribution in [2.24, 2.45) is 0 Å². The number of hydrogen-bond donors (Lipinski definition) is 3. The Hall–Kier alpha value is -4.14. The van der Waals surface area contributed by atoms with Gasteiger partial charge in [0.1, 0.15) is 11.3 Å². The third-order valence-electron chi connectivity index (χ3n) is 4.09. The van der Waals surface area contributed by atoms with Gasteiger partial charge in [-0.15, -0.1) is 0 Å². The molecule has 0 radical (unpaired) electrons. The van der Waals surface area contributed by atoms with Crippen LogP contribution in [0.4, 0.5) is 11.4 Å². The number of nitrogens with zero attached hydrogens (tertiary/aromatic N) is 1. The lowest BCUT2D eigenvalue weighted by Gasteiger charge is -2.09. The van der Waals surface area contributed by atoms with Crippen LogP contribution in [-0.2, 0) is 4.79 Å². The molecule has 0 saturated carbocycles. The highest BCUT2D eigenvalue weighted by Gasteiger charge is 2.16. The number of H-pyrrole nitrogens is 1. The molecule has 0 aliphatic heterocycles. The van der Waals surface area contributed by atoms with Gasteiger partial charge in [0.2, 0.25) is 5.91 Å². The Morgan fingerprint density at radius 1 is 0.967 bits per heavy atom. The molecule has 9 heteroatoms. The number of carbonyl (C=O) groups is 2. The molecule has 1 aromatic heterocycles. The Morgan fingerprint density at radius 3 is 2.13 bits per heavy atom. The van der Waals surface area contributed by atoms with Gasteiger partial charge in [-0.25, -0.2) is 9.36 Å². The minimum Gasteiger partial charge on any atom is -0.494 e. The summed E-state index contributed by atoms with van der Waals surface area (Å²) in [5.41, 5.74) is -0.348. The fourth-order valence-corrected chi connectivity index (χ4v) is 2.77. The smallest absolute Gasteiger partial charge is 0.333 e. The van der Waals surface area contributed by atoms with Crippen molar-refractivity contribution in [3.05, 3.63) is 81.1 Å². The first-order valence-electron chi connectivity index (χ1n) is 9.16. The number of aromatic nitrogens is 2. The van der Waals surface area contributed by atoms with Crippen molar-refractivity contribution in [2.75, 3.05) is 17.2 Å². The standard InChI is InChI=1S/C21H20N4O5/c1-3-30-17-10-8-16(9-11-17)25-20(28)18(12-22-21(25)29)19(27)24-15-6-4-14(5-7-15)23-13(2)26/h4-12H,3H2,1-2H3,(H,22,29)(H,23,26)(H,24,27). The van der Waals surface area contributed by atoms with Gasteiger partial charge in [0.15, 0.2) is 0 Å². The maximum absolute atomic E-state index is 12.8. The average molecular weight is 408 g/mol. The largest absolute Gasteiger partial charge is 0.494 e. The van der Waals surface area contributed by atoms with E-state index in [1.165, 1.54) is 6.92 Å². The minimum absolute atomic E-state index is 0.213. The van der Waals surface area contributed by atoms with Crippen molar-refractivity contribution in [1.29, 1.82) is 0 Å². The lowest BCUT2D eigenvalue weighted by Crippen LogP contribution is -2.38. The fourth-order valence-electron chi connectivity index (χ4n) is 2.77. The second-order valence-electron chi connectivity index (χ2n) is 6.29. The van der Waals surface area contributed by atoms with Gasteiger partial charge in [0.05, 0.1) is 12.3 Å². The SMILES string of the molecule is CCOc1ccc(-n2c(=O)[nH]cc(C(=O)Nc3ccc(NC(C)=O)cc3)c2=O)cc1. The molecule has 0 spiro atoms. The highest BCUT2D eigenvalue weighted by Crippen LogP contribution is 2.15. The van der Waals surface area contributed by atoms with Crippen LogP contribution in [0.1, 0.15) is 24.2 Å². The first-order chi connectivity index (χ1) is 14.4. The van der Waals surface area contributed by atoms with Gasteiger partial charge >= 0.3 is 5.69 Å². The summed E-state index contributed by atoms with van der Waals surface area (Å²) in [4.78, 5) is 51.1. The van der Waals surface area contributed by atoms with Crippen LogP contribution in [0, 0.1) is 0 Å². The van der Waals surface area contributed by atoms with E-state index < -0.39 is 17.2 Å². The van der Waals surface area contributed by atoms with E-state index in [2.05, 4.69) is 15.6 Å². The summed E-state index contributed by atoms with van der Waals surface area (Å²) < 4.78 is 6.23. The summed E-state index contributed by atoms with van der Waals surface area (Å²) in [5, 5.41) is 5.21. The second-order valence-corrected chi connectivity index (χ2v) is 6.29. The molecule has 2 aromatic carbocycles. The average Bonchev–Trinajstić information content (AvgIpc) is 2.70. The second kappa shape index (κ2) is 8.91. The molecule has 154 valence electrons. The Balaban J connectivity index is 1.87. The van der Waals surface area contributed by atoms with Crippen molar-refractivity contribution in [1.82, 2.24) is 9.55 Å². The fraction of sp³-hybridized carbons (Fsp3) is 0.143. The van der Waals surface area contributed by atoms with Crippen LogP contribution >= 0.6 is 0 Å². The van der Waals surface area contributed by atoms with E-state index in [4.69, 9.17) is 4.74 Å². The van der Waals surface area contributed by atoms with Crippen LogP contribution in [0.5, 0.6) is 5.75 Å².